The Bertz CT molecular complexity index is 1220. The Morgan fingerprint density at radius 3 is 2.52 bits per heavy atom. The summed E-state index contributed by atoms with van der Waals surface area (Å²) in [5.74, 6) is 0.698. The second-order valence-electron chi connectivity index (χ2n) is 5.98. The van der Waals surface area contributed by atoms with Crippen molar-refractivity contribution < 1.29 is 18.3 Å². The van der Waals surface area contributed by atoms with Crippen LogP contribution in [0, 0.1) is 5.82 Å². The second-order valence-corrected chi connectivity index (χ2v) is 6.39. The fourth-order valence-corrected chi connectivity index (χ4v) is 3.13. The third kappa shape index (κ3) is 3.34. The van der Waals surface area contributed by atoms with Gasteiger partial charge in [-0.3, -0.25) is 0 Å². The zero-order valence-corrected chi connectivity index (χ0v) is 15.0. The van der Waals surface area contributed by atoms with E-state index in [0.29, 0.717) is 33.1 Å². The van der Waals surface area contributed by atoms with Crippen molar-refractivity contribution in [1.29, 1.82) is 0 Å². The molecule has 136 valence electrons. The number of methoxy groups -OCH3 is 1. The van der Waals surface area contributed by atoms with Gasteiger partial charge in [0.05, 0.1) is 17.5 Å². The van der Waals surface area contributed by atoms with E-state index >= 15 is 0 Å². The minimum atomic E-state index is -0.449. The smallest absolute Gasteiger partial charge is 0.344 e. The molecule has 27 heavy (non-hydrogen) atoms. The van der Waals surface area contributed by atoms with Crippen LogP contribution in [-0.2, 0) is 6.61 Å². The monoisotopic (exact) mass is 384 g/mol. The van der Waals surface area contributed by atoms with Gasteiger partial charge in [-0.2, -0.15) is 0 Å². The van der Waals surface area contributed by atoms with Gasteiger partial charge in [0.25, 0.3) is 0 Å². The van der Waals surface area contributed by atoms with Crippen LogP contribution < -0.4 is 15.1 Å². The van der Waals surface area contributed by atoms with E-state index < -0.39 is 11.4 Å². The maximum absolute atomic E-state index is 13.1. The lowest BCUT2D eigenvalue weighted by atomic mass is 10.1. The Morgan fingerprint density at radius 1 is 0.963 bits per heavy atom. The van der Waals surface area contributed by atoms with Crippen LogP contribution in [0.15, 0.2) is 63.8 Å². The standard InChI is InChI=1S/C21H14ClFO4/c1-25-14-4-6-16-17-7-5-15(10-20(17)27-21(24)18(16)9-14)26-11-12-2-3-13(23)8-19(12)22/h2-10H,11H2,1H3. The topological polar surface area (TPSA) is 48.7 Å². The summed E-state index contributed by atoms with van der Waals surface area (Å²) < 4.78 is 29.4. The first-order valence-electron chi connectivity index (χ1n) is 8.16. The molecule has 0 saturated carbocycles. The van der Waals surface area contributed by atoms with Crippen molar-refractivity contribution in [2.24, 2.45) is 0 Å². The minimum absolute atomic E-state index is 0.166. The molecule has 0 radical (unpaired) electrons. The largest absolute Gasteiger partial charge is 0.497 e. The van der Waals surface area contributed by atoms with Crippen LogP contribution in [0.5, 0.6) is 11.5 Å². The van der Waals surface area contributed by atoms with E-state index in [1.54, 1.807) is 37.4 Å². The first-order chi connectivity index (χ1) is 13.0. The molecule has 0 spiro atoms. The van der Waals surface area contributed by atoms with E-state index in [-0.39, 0.29) is 6.61 Å². The molecule has 0 aliphatic heterocycles. The lowest BCUT2D eigenvalue weighted by Gasteiger charge is -2.09. The molecule has 0 atom stereocenters. The number of rotatable bonds is 4. The Balaban J connectivity index is 1.70. The lowest BCUT2D eigenvalue weighted by molar-refractivity contribution is 0.306. The quantitative estimate of drug-likeness (QED) is 0.352. The molecule has 4 rings (SSSR count). The minimum Gasteiger partial charge on any atom is -0.497 e. The van der Waals surface area contributed by atoms with Gasteiger partial charge in [-0.05, 0) is 42.5 Å². The molecule has 0 amide bonds. The Labute approximate surface area is 158 Å². The zero-order valence-electron chi connectivity index (χ0n) is 14.3. The number of ether oxygens (including phenoxy) is 2. The summed E-state index contributed by atoms with van der Waals surface area (Å²) in [4.78, 5) is 12.3. The van der Waals surface area contributed by atoms with Gasteiger partial charge < -0.3 is 13.9 Å². The first kappa shape index (κ1) is 17.4. The molecule has 0 aliphatic carbocycles. The fraction of sp³-hybridized carbons (Fsp3) is 0.0952. The third-order valence-electron chi connectivity index (χ3n) is 4.30. The van der Waals surface area contributed by atoms with Crippen LogP contribution in [0.25, 0.3) is 21.7 Å². The number of hydrogen-bond donors (Lipinski definition) is 0. The van der Waals surface area contributed by atoms with E-state index in [1.807, 2.05) is 12.1 Å². The normalized spacial score (nSPS) is 11.1. The van der Waals surface area contributed by atoms with Crippen molar-refractivity contribution in [2.75, 3.05) is 7.11 Å². The fourth-order valence-electron chi connectivity index (χ4n) is 2.91. The Morgan fingerprint density at radius 2 is 1.74 bits per heavy atom. The van der Waals surface area contributed by atoms with Crippen LogP contribution >= 0.6 is 11.6 Å². The van der Waals surface area contributed by atoms with Gasteiger partial charge in [0.1, 0.15) is 29.5 Å². The predicted molar refractivity (Wildman–Crippen MR) is 102 cm³/mol. The van der Waals surface area contributed by atoms with Crippen molar-refractivity contribution in [3.8, 4) is 11.5 Å². The summed E-state index contributed by atoms with van der Waals surface area (Å²) >= 11 is 6.01. The van der Waals surface area contributed by atoms with E-state index in [0.717, 1.165) is 10.8 Å². The maximum atomic E-state index is 13.1. The maximum Gasteiger partial charge on any atom is 0.344 e. The highest BCUT2D eigenvalue weighted by molar-refractivity contribution is 6.31. The molecule has 1 aromatic heterocycles. The van der Waals surface area contributed by atoms with Crippen LogP contribution in [0.3, 0.4) is 0 Å². The van der Waals surface area contributed by atoms with Crippen molar-refractivity contribution in [2.45, 2.75) is 6.61 Å². The highest BCUT2D eigenvalue weighted by Crippen LogP contribution is 2.29. The van der Waals surface area contributed by atoms with Crippen LogP contribution in [-0.4, -0.2) is 7.11 Å². The average molecular weight is 385 g/mol. The van der Waals surface area contributed by atoms with Crippen LogP contribution in [0.2, 0.25) is 5.02 Å². The van der Waals surface area contributed by atoms with Crippen molar-refractivity contribution >= 4 is 33.3 Å². The molecular weight excluding hydrogens is 371 g/mol. The molecule has 6 heteroatoms. The molecule has 4 nitrogen and oxygen atoms in total. The summed E-state index contributed by atoms with van der Waals surface area (Å²) in [5, 5.41) is 2.31. The first-order valence-corrected chi connectivity index (χ1v) is 8.54. The number of benzene rings is 3. The van der Waals surface area contributed by atoms with E-state index in [4.69, 9.17) is 25.5 Å². The zero-order chi connectivity index (χ0) is 19.0. The molecule has 0 saturated heterocycles. The number of hydrogen-bond acceptors (Lipinski definition) is 4. The summed E-state index contributed by atoms with van der Waals surface area (Å²) in [7, 11) is 1.54. The summed E-state index contributed by atoms with van der Waals surface area (Å²) in [6, 6.07) is 14.7. The molecule has 3 aromatic carbocycles. The van der Waals surface area contributed by atoms with Crippen molar-refractivity contribution in [3.63, 3.8) is 0 Å². The molecule has 0 unspecified atom stereocenters. The summed E-state index contributed by atoms with van der Waals surface area (Å²) in [5.41, 5.74) is 0.626. The van der Waals surface area contributed by atoms with E-state index in [2.05, 4.69) is 0 Å². The van der Waals surface area contributed by atoms with E-state index in [9.17, 15) is 9.18 Å². The van der Waals surface area contributed by atoms with Gasteiger partial charge in [0.2, 0.25) is 0 Å². The predicted octanol–water partition coefficient (Wildman–Crippen LogP) is 5.33. The van der Waals surface area contributed by atoms with Crippen LogP contribution in [0.1, 0.15) is 5.56 Å². The van der Waals surface area contributed by atoms with Crippen LogP contribution in [0.4, 0.5) is 4.39 Å². The molecule has 1 heterocycles. The number of fused-ring (bicyclic) bond motifs is 3. The summed E-state index contributed by atoms with van der Waals surface area (Å²) in [6.07, 6.45) is 0. The van der Waals surface area contributed by atoms with Gasteiger partial charge in [0.15, 0.2) is 0 Å². The van der Waals surface area contributed by atoms with Gasteiger partial charge in [-0.1, -0.05) is 17.7 Å². The van der Waals surface area contributed by atoms with Gasteiger partial charge >= 0.3 is 5.63 Å². The van der Waals surface area contributed by atoms with Crippen molar-refractivity contribution in [1.82, 2.24) is 0 Å². The molecule has 0 aliphatic rings. The average Bonchev–Trinajstić information content (AvgIpc) is 2.67. The highest BCUT2D eigenvalue weighted by atomic mass is 35.5. The number of halogens is 2. The lowest BCUT2D eigenvalue weighted by Crippen LogP contribution is -2.01. The van der Waals surface area contributed by atoms with Crippen molar-refractivity contribution in [3.05, 3.63) is 81.4 Å². The second kappa shape index (κ2) is 6.93. The van der Waals surface area contributed by atoms with Gasteiger partial charge in [-0.25, -0.2) is 9.18 Å². The molecule has 0 bridgehead atoms. The summed E-state index contributed by atoms with van der Waals surface area (Å²) in [6.45, 7) is 0.166. The van der Waals surface area contributed by atoms with Gasteiger partial charge in [0, 0.05) is 22.4 Å². The van der Waals surface area contributed by atoms with Gasteiger partial charge in [-0.15, -0.1) is 0 Å². The highest BCUT2D eigenvalue weighted by Gasteiger charge is 2.10. The SMILES string of the molecule is COc1ccc2c(c1)c(=O)oc1cc(OCc3ccc(F)cc3Cl)ccc12. The Hall–Kier alpha value is -3.05. The molecule has 4 aromatic rings. The molecule has 0 fully saturated rings. The molecule has 0 N–H and O–H groups in total. The van der Waals surface area contributed by atoms with E-state index in [1.165, 1.54) is 12.1 Å². The molecular formula is C21H14ClFO4. The Kier molecular flexibility index (Phi) is 4.46. The third-order valence-corrected chi connectivity index (χ3v) is 4.65.